The molecule has 5 heterocycles. The summed E-state index contributed by atoms with van der Waals surface area (Å²) in [6, 6.07) is 21.4. The van der Waals surface area contributed by atoms with Crippen molar-refractivity contribution in [1.82, 2.24) is 4.90 Å². The molecule has 4 aromatic carbocycles. The van der Waals surface area contributed by atoms with Gasteiger partial charge in [0.05, 0.1) is 11.7 Å². The Morgan fingerprint density at radius 3 is 1.30 bits per heavy atom. The van der Waals surface area contributed by atoms with Crippen LogP contribution in [0.4, 0.5) is 22.7 Å². The zero-order chi connectivity index (χ0) is 58.6. The molecule has 8 aliphatic rings. The molecule has 434 valence electrons. The van der Waals surface area contributed by atoms with Crippen LogP contribution in [0.2, 0.25) is 0 Å². The quantitative estimate of drug-likeness (QED) is 0.202. The highest BCUT2D eigenvalue weighted by molar-refractivity contribution is 5.66. The van der Waals surface area contributed by atoms with E-state index in [9.17, 15) is 0 Å². The van der Waals surface area contributed by atoms with Crippen LogP contribution >= 0.6 is 0 Å². The van der Waals surface area contributed by atoms with Crippen molar-refractivity contribution >= 4 is 22.7 Å². The molecule has 8 fully saturated rings. The van der Waals surface area contributed by atoms with Gasteiger partial charge in [0, 0.05) is 71.1 Å². The van der Waals surface area contributed by atoms with Crippen molar-refractivity contribution in [2.24, 2.45) is 39.4 Å². The lowest BCUT2D eigenvalue weighted by Crippen LogP contribution is -2.56. The number of anilines is 4. The number of nitrogens with zero attached hydrogens (tertiary/aromatic N) is 5. The van der Waals surface area contributed by atoms with E-state index in [1.54, 1.807) is 0 Å². The van der Waals surface area contributed by atoms with Crippen molar-refractivity contribution in [3.05, 3.63) is 115 Å². The Kier molecular flexibility index (Phi) is 15.0. The normalized spacial score (nSPS) is 36.6. The van der Waals surface area contributed by atoms with Crippen LogP contribution in [0.3, 0.4) is 0 Å². The van der Waals surface area contributed by atoms with E-state index in [1.165, 1.54) is 141 Å². The van der Waals surface area contributed by atoms with E-state index in [1.807, 2.05) is 0 Å². The van der Waals surface area contributed by atoms with Crippen LogP contribution in [0.15, 0.2) is 48.5 Å². The van der Waals surface area contributed by atoms with E-state index in [2.05, 4.69) is 260 Å². The van der Waals surface area contributed by atoms with Crippen LogP contribution in [0.25, 0.3) is 0 Å². The number of hydrogen-bond donors (Lipinski definition) is 0. The summed E-state index contributed by atoms with van der Waals surface area (Å²) in [4.78, 5) is 13.5. The maximum Gasteiger partial charge on any atom is 0.0799 e. The van der Waals surface area contributed by atoms with Crippen molar-refractivity contribution < 1.29 is 0 Å². The molecule has 8 bridgehead atoms. The minimum atomic E-state index is 0.270. The lowest BCUT2D eigenvalue weighted by molar-refractivity contribution is 0.132. The first kappa shape index (κ1) is 59.7. The molecule has 79 heavy (non-hydrogen) atoms. The smallest absolute Gasteiger partial charge is 0.0799 e. The van der Waals surface area contributed by atoms with Gasteiger partial charge in [0.15, 0.2) is 0 Å². The Morgan fingerprint density at radius 1 is 0.456 bits per heavy atom. The van der Waals surface area contributed by atoms with Crippen LogP contribution in [0.5, 0.6) is 0 Å². The monoisotopic (exact) mass is 1070 g/mol. The minimum absolute atomic E-state index is 0.270. The van der Waals surface area contributed by atoms with Gasteiger partial charge in [-0.2, -0.15) is 0 Å². The van der Waals surface area contributed by atoms with Gasteiger partial charge in [0.2, 0.25) is 0 Å². The third kappa shape index (κ3) is 8.79. The molecule has 4 aromatic rings. The second-order valence-electron chi connectivity index (χ2n) is 30.8. The van der Waals surface area contributed by atoms with E-state index in [0.29, 0.717) is 57.0 Å². The average molecular weight is 1070 g/mol. The third-order valence-electron chi connectivity index (χ3n) is 26.2. The van der Waals surface area contributed by atoms with Crippen LogP contribution in [0, 0.1) is 122 Å². The van der Waals surface area contributed by atoms with E-state index in [0.717, 1.165) is 23.8 Å². The fourth-order valence-electron chi connectivity index (χ4n) is 19.6. The van der Waals surface area contributed by atoms with Gasteiger partial charge >= 0.3 is 0 Å². The summed E-state index contributed by atoms with van der Waals surface area (Å²) >= 11 is 0. The molecule has 0 radical (unpaired) electrons. The number of hydrogen-bond acceptors (Lipinski definition) is 5. The van der Waals surface area contributed by atoms with Gasteiger partial charge in [-0.1, -0.05) is 79.7 Å². The molecule has 0 aromatic heterocycles. The first-order chi connectivity index (χ1) is 36.4. The summed E-state index contributed by atoms with van der Waals surface area (Å²) in [5.74, 6) is 2.41. The van der Waals surface area contributed by atoms with Crippen LogP contribution < -0.4 is 19.6 Å². The summed E-state index contributed by atoms with van der Waals surface area (Å²) in [5.41, 5.74) is 25.6. The van der Waals surface area contributed by atoms with Gasteiger partial charge in [0.25, 0.3) is 0 Å². The molecule has 5 heteroatoms. The number of rotatable bonds is 4. The number of benzene rings is 4. The Labute approximate surface area is 485 Å². The molecule has 3 aliphatic carbocycles. The van der Waals surface area contributed by atoms with Crippen LogP contribution in [-0.4, -0.2) is 64.9 Å². The largest absolute Gasteiger partial charge is 0.365 e. The van der Waals surface area contributed by atoms with Crippen molar-refractivity contribution in [2.45, 2.75) is 272 Å². The lowest BCUT2D eigenvalue weighted by Gasteiger charge is -2.51. The Bertz CT molecular complexity index is 3000. The second-order valence-corrected chi connectivity index (χ2v) is 30.8. The van der Waals surface area contributed by atoms with Gasteiger partial charge in [-0.05, 0) is 301 Å². The summed E-state index contributed by atoms with van der Waals surface area (Å²) < 4.78 is 0. The van der Waals surface area contributed by atoms with Gasteiger partial charge in [0.1, 0.15) is 0 Å². The highest BCUT2D eigenvalue weighted by atomic mass is 15.5. The Balaban J connectivity index is 0.000000128. The first-order valence-corrected chi connectivity index (χ1v) is 31.7. The van der Waals surface area contributed by atoms with Gasteiger partial charge in [-0.15, -0.1) is 0 Å². The van der Waals surface area contributed by atoms with E-state index >= 15 is 0 Å². The molecule has 12 rings (SSSR count). The van der Waals surface area contributed by atoms with Crippen molar-refractivity contribution in [3.63, 3.8) is 0 Å². The predicted octanol–water partition coefficient (Wildman–Crippen LogP) is 18.5. The Hall–Kier alpha value is -3.96. The van der Waals surface area contributed by atoms with Crippen molar-refractivity contribution in [3.8, 4) is 0 Å². The molecular weight excluding hydrogens is 959 g/mol. The molecule has 0 N–H and O–H groups in total. The van der Waals surface area contributed by atoms with Crippen molar-refractivity contribution in [1.29, 1.82) is 0 Å². The number of piperidine rings is 3. The first-order valence-electron chi connectivity index (χ1n) is 31.7. The van der Waals surface area contributed by atoms with E-state index < -0.39 is 0 Å². The zero-order valence-corrected chi connectivity index (χ0v) is 55.6. The predicted molar refractivity (Wildman–Crippen MR) is 344 cm³/mol. The molecular formula is C74H113N5. The summed E-state index contributed by atoms with van der Waals surface area (Å²) in [6.45, 7) is 66.5. The highest BCUT2D eigenvalue weighted by Gasteiger charge is 2.70. The summed E-state index contributed by atoms with van der Waals surface area (Å²) in [5, 5.41) is 0. The molecule has 5 nitrogen and oxygen atoms in total. The van der Waals surface area contributed by atoms with Gasteiger partial charge in [-0.3, -0.25) is 4.90 Å². The van der Waals surface area contributed by atoms with Crippen molar-refractivity contribution in [2.75, 3.05) is 32.7 Å². The SMILES string of the molecule is Cc1cc(C)c(C)c(N2C(C)C3(C)CC2(C)C(C)C3C)c1.Cc1cc(C)c(C)c(N2C(C)C3(C)CCC2(C)C3(C)C)c1.Cc1cc(C)c(C)c(N2C(C)C3CCC2C3(C)C)c1.Cc1cc(C)c(C)c(N2C(C)N3CCC2(C)C3)c1. The second kappa shape index (κ2) is 19.9. The molecule has 14 atom stereocenters. The fourth-order valence-corrected chi connectivity index (χ4v) is 19.6. The van der Waals surface area contributed by atoms with Gasteiger partial charge < -0.3 is 19.6 Å². The topological polar surface area (TPSA) is 16.2 Å². The number of fused-ring (bicyclic) bond motifs is 8. The van der Waals surface area contributed by atoms with E-state index in [-0.39, 0.29) is 5.54 Å². The maximum atomic E-state index is 2.77. The molecule has 0 spiro atoms. The van der Waals surface area contributed by atoms with Crippen LogP contribution in [0.1, 0.15) is 209 Å². The fraction of sp³-hybridized carbons (Fsp3) is 0.676. The molecule has 5 saturated heterocycles. The minimum Gasteiger partial charge on any atom is -0.365 e. The Morgan fingerprint density at radius 2 is 0.899 bits per heavy atom. The zero-order valence-electron chi connectivity index (χ0n) is 55.6. The standard InChI is InChI=1S/2C20H31N.C18H27N.C16H24N2/c1-12-9-13(2)14(3)18(10-12)21-17(6)19(7)11-20(21,8)16(5)15(19)4;1-13-11-14(2)15(3)17(12-13)21-16(4)19(7)9-10-20(21,8)18(19,5)6;1-11-9-12(2)13(3)16(10-11)19-14(4)15-7-8-17(19)18(15,5)6;1-11-8-12(2)13(3)15(9-11)18-14(4)17-7-6-16(18,5)10-17/h9-10,15-17H,11H2,1-8H3;11-12,16H,9-10H2,1-8H3;9-10,14-15,17H,7-8H2,1-6H3;8-9,14H,6-7,10H2,1-5H3. The maximum absolute atomic E-state index is 2.77. The molecule has 0 amide bonds. The molecule has 5 aliphatic heterocycles. The third-order valence-corrected chi connectivity index (χ3v) is 26.2. The number of aryl methyl sites for hydroxylation is 8. The van der Waals surface area contributed by atoms with Crippen LogP contribution in [-0.2, 0) is 0 Å². The molecule has 3 saturated carbocycles. The van der Waals surface area contributed by atoms with E-state index in [4.69, 9.17) is 0 Å². The lowest BCUT2D eigenvalue weighted by atomic mass is 9.65. The summed E-state index contributed by atoms with van der Waals surface area (Å²) in [7, 11) is 0. The average Bonchev–Trinajstić information content (AvgIpc) is 3.97. The summed E-state index contributed by atoms with van der Waals surface area (Å²) in [6.07, 6.45) is 8.63. The van der Waals surface area contributed by atoms with Gasteiger partial charge in [-0.25, -0.2) is 0 Å². The molecule has 14 unspecified atom stereocenters. The highest BCUT2D eigenvalue weighted by Crippen LogP contribution is 2.70.